The normalized spacial score (nSPS) is 11.3. The monoisotopic (exact) mass is 431 g/mol. The molecule has 0 aliphatic heterocycles. The number of hydrogen-bond acceptors (Lipinski definition) is 0. The molecule has 0 saturated carbocycles. The topological polar surface area (TPSA) is 4.93 Å². The van der Waals surface area contributed by atoms with Crippen LogP contribution >= 0.6 is 0 Å². The molecular weight excluding hydrogens is 412 g/mol. The van der Waals surface area contributed by atoms with Gasteiger partial charge in [-0.25, -0.2) is 8.78 Å². The third-order valence-corrected chi connectivity index (χ3v) is 6.10. The third kappa shape index (κ3) is 3.39. The van der Waals surface area contributed by atoms with Crippen LogP contribution in [0.2, 0.25) is 0 Å². The van der Waals surface area contributed by atoms with E-state index in [-0.39, 0.29) is 11.6 Å². The molecule has 0 radical (unpaired) electrons. The van der Waals surface area contributed by atoms with Crippen LogP contribution < -0.4 is 0 Å². The maximum absolute atomic E-state index is 13.9. The van der Waals surface area contributed by atoms with Gasteiger partial charge in [-0.1, -0.05) is 54.6 Å². The van der Waals surface area contributed by atoms with Gasteiger partial charge in [-0.2, -0.15) is 0 Å². The Kier molecular flexibility index (Phi) is 4.55. The minimum atomic E-state index is -0.257. The van der Waals surface area contributed by atoms with Crippen molar-refractivity contribution >= 4 is 21.8 Å². The van der Waals surface area contributed by atoms with Gasteiger partial charge >= 0.3 is 0 Å². The summed E-state index contributed by atoms with van der Waals surface area (Å²) in [5.74, 6) is -0.514. The van der Waals surface area contributed by atoms with Crippen molar-refractivity contribution in [1.29, 1.82) is 0 Å². The minimum Gasteiger partial charge on any atom is -0.309 e. The Balaban J connectivity index is 1.66. The highest BCUT2D eigenvalue weighted by molar-refractivity contribution is 6.11. The van der Waals surface area contributed by atoms with E-state index in [1.54, 1.807) is 24.3 Å². The van der Waals surface area contributed by atoms with Crippen molar-refractivity contribution in [2.45, 2.75) is 0 Å². The van der Waals surface area contributed by atoms with Gasteiger partial charge in [-0.15, -0.1) is 0 Å². The Hall–Kier alpha value is -4.24. The van der Waals surface area contributed by atoms with Crippen LogP contribution in [-0.4, -0.2) is 4.57 Å². The number of halogens is 2. The van der Waals surface area contributed by atoms with Crippen LogP contribution in [0.3, 0.4) is 0 Å². The highest BCUT2D eigenvalue weighted by Crippen LogP contribution is 2.37. The van der Waals surface area contributed by atoms with Crippen molar-refractivity contribution in [3.8, 4) is 27.9 Å². The molecule has 0 bridgehead atoms. The lowest BCUT2D eigenvalue weighted by Crippen LogP contribution is -1.93. The van der Waals surface area contributed by atoms with Crippen molar-refractivity contribution in [3.63, 3.8) is 0 Å². The average Bonchev–Trinajstić information content (AvgIpc) is 3.17. The Bertz CT molecular complexity index is 1530. The Labute approximate surface area is 190 Å². The maximum atomic E-state index is 13.9. The maximum Gasteiger partial charge on any atom is 0.123 e. The van der Waals surface area contributed by atoms with Crippen LogP contribution in [0.25, 0.3) is 49.7 Å². The Morgan fingerprint density at radius 1 is 0.424 bits per heavy atom. The molecule has 1 aromatic heterocycles. The smallest absolute Gasteiger partial charge is 0.123 e. The predicted molar refractivity (Wildman–Crippen MR) is 132 cm³/mol. The molecule has 0 fully saturated rings. The molecule has 0 amide bonds. The Morgan fingerprint density at radius 2 is 0.909 bits per heavy atom. The second-order valence-corrected chi connectivity index (χ2v) is 8.16. The van der Waals surface area contributed by atoms with Gasteiger partial charge in [0.2, 0.25) is 0 Å². The number of benzene rings is 5. The van der Waals surface area contributed by atoms with Crippen molar-refractivity contribution in [2.24, 2.45) is 0 Å². The summed E-state index contributed by atoms with van der Waals surface area (Å²) in [5, 5.41) is 2.13. The summed E-state index contributed by atoms with van der Waals surface area (Å²) >= 11 is 0. The standard InChI is InChI=1S/C30H19F2N/c31-24-8-4-6-20(16-24)22-12-14-29-27(18-22)28-19-23(21-7-5-9-25(32)17-21)13-15-30(28)33(29)26-10-2-1-3-11-26/h1-19H. The fourth-order valence-electron chi connectivity index (χ4n) is 4.57. The molecule has 1 nitrogen and oxygen atoms in total. The lowest BCUT2D eigenvalue weighted by molar-refractivity contribution is 0.628. The fraction of sp³-hybridized carbons (Fsp3) is 0. The van der Waals surface area contributed by atoms with Crippen molar-refractivity contribution in [2.75, 3.05) is 0 Å². The first-order valence-corrected chi connectivity index (χ1v) is 10.8. The number of aromatic nitrogens is 1. The molecule has 0 N–H and O–H groups in total. The van der Waals surface area contributed by atoms with E-state index in [1.807, 2.05) is 42.5 Å². The second kappa shape index (κ2) is 7.72. The van der Waals surface area contributed by atoms with Crippen LogP contribution in [0.4, 0.5) is 8.78 Å². The van der Waals surface area contributed by atoms with Crippen molar-refractivity contribution in [3.05, 3.63) is 127 Å². The first-order valence-electron chi connectivity index (χ1n) is 10.8. The van der Waals surface area contributed by atoms with E-state index in [0.29, 0.717) is 0 Å². The van der Waals surface area contributed by atoms with Gasteiger partial charge in [0.25, 0.3) is 0 Å². The molecule has 0 aliphatic carbocycles. The molecule has 0 spiro atoms. The zero-order valence-electron chi connectivity index (χ0n) is 17.7. The van der Waals surface area contributed by atoms with E-state index < -0.39 is 0 Å². The second-order valence-electron chi connectivity index (χ2n) is 8.16. The summed E-state index contributed by atoms with van der Waals surface area (Å²) in [5.41, 5.74) is 6.75. The van der Waals surface area contributed by atoms with E-state index in [9.17, 15) is 8.78 Å². The zero-order chi connectivity index (χ0) is 22.4. The lowest BCUT2D eigenvalue weighted by atomic mass is 10.0. The fourth-order valence-corrected chi connectivity index (χ4v) is 4.57. The first-order chi connectivity index (χ1) is 16.2. The quantitative estimate of drug-likeness (QED) is 0.265. The number of fused-ring (bicyclic) bond motifs is 3. The predicted octanol–water partition coefficient (Wildman–Crippen LogP) is 8.40. The molecule has 0 unspecified atom stereocenters. The van der Waals surface area contributed by atoms with Gasteiger partial charge in [0.05, 0.1) is 11.0 Å². The van der Waals surface area contributed by atoms with Gasteiger partial charge in [0.1, 0.15) is 11.6 Å². The molecular formula is C30H19F2N. The van der Waals surface area contributed by atoms with Crippen LogP contribution in [0.1, 0.15) is 0 Å². The highest BCUT2D eigenvalue weighted by Gasteiger charge is 2.14. The minimum absolute atomic E-state index is 0.257. The molecule has 3 heteroatoms. The SMILES string of the molecule is Fc1cccc(-c2ccc3c(c2)c2cc(-c4cccc(F)c4)ccc2n3-c2ccccc2)c1. The lowest BCUT2D eigenvalue weighted by Gasteiger charge is -2.08. The van der Waals surface area contributed by atoms with Crippen LogP contribution in [0, 0.1) is 11.6 Å². The summed E-state index contributed by atoms with van der Waals surface area (Å²) in [6.45, 7) is 0. The Morgan fingerprint density at radius 3 is 1.39 bits per heavy atom. The number of nitrogens with zero attached hydrogens (tertiary/aromatic N) is 1. The average molecular weight is 431 g/mol. The van der Waals surface area contributed by atoms with Crippen molar-refractivity contribution in [1.82, 2.24) is 4.57 Å². The molecule has 5 aromatic carbocycles. The summed E-state index contributed by atoms with van der Waals surface area (Å²) < 4.78 is 30.0. The summed E-state index contributed by atoms with van der Waals surface area (Å²) in [6, 6.07) is 36.0. The van der Waals surface area contributed by atoms with Gasteiger partial charge in [0, 0.05) is 16.5 Å². The van der Waals surface area contributed by atoms with Gasteiger partial charge in [0.15, 0.2) is 0 Å². The number of rotatable bonds is 3. The van der Waals surface area contributed by atoms with E-state index in [1.165, 1.54) is 12.1 Å². The van der Waals surface area contributed by atoms with Gasteiger partial charge in [-0.05, 0) is 82.9 Å². The van der Waals surface area contributed by atoms with Crippen LogP contribution in [0.15, 0.2) is 115 Å². The van der Waals surface area contributed by atoms with E-state index in [2.05, 4.69) is 41.0 Å². The first kappa shape index (κ1) is 19.4. The van der Waals surface area contributed by atoms with E-state index in [0.717, 1.165) is 49.7 Å². The summed E-state index contributed by atoms with van der Waals surface area (Å²) in [6.07, 6.45) is 0. The molecule has 158 valence electrons. The van der Waals surface area contributed by atoms with Crippen LogP contribution in [0.5, 0.6) is 0 Å². The van der Waals surface area contributed by atoms with Gasteiger partial charge < -0.3 is 4.57 Å². The van der Waals surface area contributed by atoms with Crippen molar-refractivity contribution < 1.29 is 8.78 Å². The molecule has 6 aromatic rings. The molecule has 33 heavy (non-hydrogen) atoms. The molecule has 0 saturated heterocycles. The largest absolute Gasteiger partial charge is 0.309 e. The summed E-state index contributed by atoms with van der Waals surface area (Å²) in [4.78, 5) is 0. The van der Waals surface area contributed by atoms with E-state index in [4.69, 9.17) is 0 Å². The highest BCUT2D eigenvalue weighted by atomic mass is 19.1. The van der Waals surface area contributed by atoms with E-state index >= 15 is 0 Å². The summed E-state index contributed by atoms with van der Waals surface area (Å²) in [7, 11) is 0. The third-order valence-electron chi connectivity index (χ3n) is 6.10. The molecule has 6 rings (SSSR count). The molecule has 0 aliphatic rings. The molecule has 1 heterocycles. The number of hydrogen-bond donors (Lipinski definition) is 0. The number of para-hydroxylation sites is 1. The molecule has 0 atom stereocenters. The van der Waals surface area contributed by atoms with Gasteiger partial charge in [-0.3, -0.25) is 0 Å². The van der Waals surface area contributed by atoms with Crippen LogP contribution in [-0.2, 0) is 0 Å². The zero-order valence-corrected chi connectivity index (χ0v) is 17.7.